The SMILES string of the molecule is CCN(C)C(C)(C)C(=O)Nc1cc(F)c2c(c1O)C(=O)C1=C(O)[C@]3(O)C(=O)C(C(N)=O)=C(O)[C@@H](N(C)C)[C@@H]3C[C@@H]1C2. The fourth-order valence-corrected chi connectivity index (χ4v) is 6.21. The monoisotopic (exact) mass is 574 g/mol. The maximum atomic E-state index is 15.5. The second-order valence-corrected chi connectivity index (χ2v) is 11.6. The summed E-state index contributed by atoms with van der Waals surface area (Å²) in [7, 11) is 4.74. The van der Waals surface area contributed by atoms with Crippen molar-refractivity contribution < 1.29 is 44.0 Å². The van der Waals surface area contributed by atoms with Gasteiger partial charge in [-0.3, -0.25) is 29.0 Å². The predicted octanol–water partition coefficient (Wildman–Crippen LogP) is 0.929. The third-order valence-corrected chi connectivity index (χ3v) is 8.90. The third kappa shape index (κ3) is 4.21. The van der Waals surface area contributed by atoms with Gasteiger partial charge in [0.25, 0.3) is 5.91 Å². The quantitative estimate of drug-likeness (QED) is 0.210. The Morgan fingerprint density at radius 3 is 2.34 bits per heavy atom. The highest BCUT2D eigenvalue weighted by Crippen LogP contribution is 2.53. The van der Waals surface area contributed by atoms with E-state index < -0.39 is 92.2 Å². The zero-order valence-corrected chi connectivity index (χ0v) is 23.7. The van der Waals surface area contributed by atoms with Crippen molar-refractivity contribution in [2.24, 2.45) is 17.6 Å². The van der Waals surface area contributed by atoms with E-state index in [1.54, 1.807) is 25.8 Å². The molecule has 7 N–H and O–H groups in total. The van der Waals surface area contributed by atoms with Gasteiger partial charge in [-0.25, -0.2) is 4.39 Å². The lowest BCUT2D eigenvalue weighted by Crippen LogP contribution is -2.63. The van der Waals surface area contributed by atoms with E-state index in [0.29, 0.717) is 6.54 Å². The molecule has 0 heterocycles. The summed E-state index contributed by atoms with van der Waals surface area (Å²) in [6.07, 6.45) is -0.367. The van der Waals surface area contributed by atoms with Crippen LogP contribution in [0, 0.1) is 17.7 Å². The van der Waals surface area contributed by atoms with Crippen LogP contribution in [-0.4, -0.2) is 98.5 Å². The number of nitrogens with one attached hydrogen (secondary N) is 1. The summed E-state index contributed by atoms with van der Waals surface area (Å²) in [5, 5.41) is 47.3. The standard InChI is InChI=1S/C28H35FN4O8/c1-7-33(6)27(2,3)26(40)31-15-10-14(29)12-8-11-9-13-19(32(4)5)22(36)18(25(30)39)24(38)28(13,41)23(37)16(11)21(35)17(12)20(15)34/h10-11,13,19,34,36-37,41H,7-9H2,1-6H3,(H2,30,39)(H,31,40)/t11-,13-,19-,28-/m0/s1. The first-order valence-electron chi connectivity index (χ1n) is 13.1. The largest absolute Gasteiger partial charge is 0.510 e. The van der Waals surface area contributed by atoms with E-state index in [1.165, 1.54) is 19.0 Å². The molecule has 4 atom stereocenters. The van der Waals surface area contributed by atoms with Gasteiger partial charge in [-0.05, 0) is 60.3 Å². The van der Waals surface area contributed by atoms with E-state index in [0.717, 1.165) is 6.07 Å². The molecule has 0 radical (unpaired) electrons. The molecule has 0 saturated heterocycles. The van der Waals surface area contributed by atoms with Crippen molar-refractivity contribution >= 4 is 29.1 Å². The van der Waals surface area contributed by atoms with Crippen molar-refractivity contribution in [1.29, 1.82) is 0 Å². The highest BCUT2D eigenvalue weighted by molar-refractivity contribution is 6.25. The molecule has 0 unspecified atom stereocenters. The van der Waals surface area contributed by atoms with Crippen molar-refractivity contribution in [2.75, 3.05) is 33.0 Å². The molecule has 0 saturated carbocycles. The van der Waals surface area contributed by atoms with Crippen LogP contribution in [0.3, 0.4) is 0 Å². The minimum absolute atomic E-state index is 0.163. The van der Waals surface area contributed by atoms with Crippen molar-refractivity contribution in [1.82, 2.24) is 9.80 Å². The minimum Gasteiger partial charge on any atom is -0.510 e. The molecular formula is C28H35FN4O8. The van der Waals surface area contributed by atoms with Gasteiger partial charge < -0.3 is 31.5 Å². The third-order valence-electron chi connectivity index (χ3n) is 8.90. The number of aliphatic hydroxyl groups is 3. The fourth-order valence-electron chi connectivity index (χ4n) is 6.21. The number of nitrogens with zero attached hydrogens (tertiary/aromatic N) is 2. The molecule has 41 heavy (non-hydrogen) atoms. The molecule has 12 nitrogen and oxygen atoms in total. The summed E-state index contributed by atoms with van der Waals surface area (Å²) in [5.41, 5.74) is -0.940. The number of benzene rings is 1. The number of hydrogen-bond donors (Lipinski definition) is 6. The van der Waals surface area contributed by atoms with Gasteiger partial charge in [0.05, 0.1) is 22.8 Å². The lowest BCUT2D eigenvalue weighted by Gasteiger charge is -2.50. The first kappa shape index (κ1) is 30.2. The van der Waals surface area contributed by atoms with E-state index in [4.69, 9.17) is 5.73 Å². The van der Waals surface area contributed by atoms with E-state index in [1.807, 2.05) is 6.92 Å². The zero-order chi connectivity index (χ0) is 30.9. The molecule has 4 rings (SSSR count). The van der Waals surface area contributed by atoms with Crippen LogP contribution < -0.4 is 11.1 Å². The van der Waals surface area contributed by atoms with Gasteiger partial charge in [-0.1, -0.05) is 6.92 Å². The number of allylic oxidation sites excluding steroid dienone is 1. The average molecular weight is 575 g/mol. The molecule has 0 fully saturated rings. The zero-order valence-electron chi connectivity index (χ0n) is 23.7. The molecule has 1 aromatic rings. The summed E-state index contributed by atoms with van der Waals surface area (Å²) in [6, 6.07) is -0.240. The molecule has 0 bridgehead atoms. The fraction of sp³-hybridized carbons (Fsp3) is 0.500. The van der Waals surface area contributed by atoms with E-state index >= 15 is 4.39 Å². The van der Waals surface area contributed by atoms with Gasteiger partial charge in [-0.15, -0.1) is 0 Å². The summed E-state index contributed by atoms with van der Waals surface area (Å²) in [4.78, 5) is 55.4. The highest BCUT2D eigenvalue weighted by Gasteiger charge is 2.63. The highest BCUT2D eigenvalue weighted by atomic mass is 19.1. The number of Topliss-reactive ketones (excluding diaryl/α,β-unsaturated/α-hetero) is 2. The number of nitrogens with two attached hydrogens (primary N) is 1. The smallest absolute Gasteiger partial charge is 0.255 e. The summed E-state index contributed by atoms with van der Waals surface area (Å²) in [6.45, 7) is 5.61. The Morgan fingerprint density at radius 1 is 1.20 bits per heavy atom. The number of ketones is 2. The first-order chi connectivity index (χ1) is 18.9. The number of carbonyl (C=O) groups is 4. The Morgan fingerprint density at radius 2 is 1.80 bits per heavy atom. The molecule has 0 aromatic heterocycles. The normalized spacial score (nSPS) is 26.2. The van der Waals surface area contributed by atoms with Gasteiger partial charge in [0.15, 0.2) is 17.1 Å². The number of aromatic hydroxyl groups is 1. The minimum atomic E-state index is -2.81. The molecule has 3 aliphatic carbocycles. The van der Waals surface area contributed by atoms with Crippen molar-refractivity contribution in [2.45, 2.75) is 50.8 Å². The molecule has 3 aliphatic rings. The van der Waals surface area contributed by atoms with Gasteiger partial charge in [0.1, 0.15) is 22.9 Å². The number of fused-ring (bicyclic) bond motifs is 3. The number of rotatable bonds is 6. The molecule has 0 aliphatic heterocycles. The van der Waals surface area contributed by atoms with Crippen LogP contribution in [0.15, 0.2) is 28.7 Å². The number of hydrogen-bond acceptors (Lipinski definition) is 10. The number of carbonyl (C=O) groups excluding carboxylic acids is 4. The molecule has 2 amide bonds. The van der Waals surface area contributed by atoms with Crippen molar-refractivity contribution in [3.05, 3.63) is 45.7 Å². The number of halogens is 1. The Bertz CT molecular complexity index is 1450. The maximum Gasteiger partial charge on any atom is 0.255 e. The lowest BCUT2D eigenvalue weighted by atomic mass is 9.58. The van der Waals surface area contributed by atoms with E-state index in [9.17, 15) is 39.6 Å². The lowest BCUT2D eigenvalue weighted by molar-refractivity contribution is -0.148. The number of likely N-dealkylation sites (N-methyl/N-ethyl adjacent to an activating group) is 2. The number of phenolic OH excluding ortho intramolecular Hbond substituents is 1. The number of primary amides is 1. The van der Waals surface area contributed by atoms with Crippen molar-refractivity contribution in [3.8, 4) is 5.75 Å². The molecule has 1 aromatic carbocycles. The number of amides is 2. The van der Waals surface area contributed by atoms with Gasteiger partial charge in [0.2, 0.25) is 11.7 Å². The molecule has 222 valence electrons. The maximum absolute atomic E-state index is 15.5. The van der Waals surface area contributed by atoms with Crippen LogP contribution in [0.4, 0.5) is 10.1 Å². The summed E-state index contributed by atoms with van der Waals surface area (Å²) in [5.74, 6) is -9.83. The van der Waals surface area contributed by atoms with Crippen LogP contribution in [0.25, 0.3) is 0 Å². The van der Waals surface area contributed by atoms with Gasteiger partial charge in [0, 0.05) is 23.1 Å². The first-order valence-corrected chi connectivity index (χ1v) is 13.1. The van der Waals surface area contributed by atoms with E-state index in [-0.39, 0.29) is 24.1 Å². The van der Waals surface area contributed by atoms with Crippen LogP contribution in [0.1, 0.15) is 43.1 Å². The van der Waals surface area contributed by atoms with Crippen LogP contribution in [0.5, 0.6) is 5.75 Å². The predicted molar refractivity (Wildman–Crippen MR) is 145 cm³/mol. The average Bonchev–Trinajstić information content (AvgIpc) is 2.87. The number of aliphatic hydroxyl groups excluding tert-OH is 2. The van der Waals surface area contributed by atoms with Crippen LogP contribution >= 0.6 is 0 Å². The van der Waals surface area contributed by atoms with Crippen molar-refractivity contribution in [3.63, 3.8) is 0 Å². The Hall–Kier alpha value is -3.81. The second kappa shape index (κ2) is 9.93. The molecular weight excluding hydrogens is 539 g/mol. The molecule has 13 heteroatoms. The molecule has 0 spiro atoms. The summed E-state index contributed by atoms with van der Waals surface area (Å²) >= 11 is 0. The summed E-state index contributed by atoms with van der Waals surface area (Å²) < 4.78 is 15.5. The van der Waals surface area contributed by atoms with Crippen LogP contribution in [-0.2, 0) is 20.8 Å². The van der Waals surface area contributed by atoms with E-state index in [2.05, 4.69) is 5.32 Å². The number of phenols is 1. The number of anilines is 1. The van der Waals surface area contributed by atoms with Crippen LogP contribution in [0.2, 0.25) is 0 Å². The Kier molecular flexibility index (Phi) is 7.30. The Labute approximate surface area is 235 Å². The van der Waals surface area contributed by atoms with Gasteiger partial charge in [-0.2, -0.15) is 0 Å². The van der Waals surface area contributed by atoms with Gasteiger partial charge >= 0.3 is 0 Å². The Balaban J connectivity index is 1.86. The topological polar surface area (TPSA) is 194 Å². The second-order valence-electron chi connectivity index (χ2n) is 11.6.